The number of nitrogens with one attached hydrogen (secondary N) is 1. The molecule has 0 aliphatic carbocycles. The van der Waals surface area contributed by atoms with Gasteiger partial charge in [-0.05, 0) is 24.7 Å². The zero-order valence-corrected chi connectivity index (χ0v) is 12.5. The van der Waals surface area contributed by atoms with Crippen molar-refractivity contribution < 1.29 is 14.7 Å². The van der Waals surface area contributed by atoms with Crippen molar-refractivity contribution in [3.8, 4) is 0 Å². The van der Waals surface area contributed by atoms with Gasteiger partial charge in [0.25, 0.3) is 0 Å². The van der Waals surface area contributed by atoms with E-state index in [1.54, 1.807) is 4.90 Å². The molecule has 0 aromatic heterocycles. The van der Waals surface area contributed by atoms with Gasteiger partial charge < -0.3 is 15.3 Å². The van der Waals surface area contributed by atoms with Crippen LogP contribution in [0.4, 0.5) is 4.79 Å². The van der Waals surface area contributed by atoms with Crippen molar-refractivity contribution in [3.63, 3.8) is 0 Å². The Morgan fingerprint density at radius 3 is 2.42 bits per heavy atom. The third kappa shape index (κ3) is 3.61. The number of amides is 2. The Labute approximate surface area is 115 Å². The van der Waals surface area contributed by atoms with Gasteiger partial charge in [-0.15, -0.1) is 0 Å². The van der Waals surface area contributed by atoms with E-state index in [2.05, 4.69) is 26.1 Å². The molecule has 0 spiro atoms. The summed E-state index contributed by atoms with van der Waals surface area (Å²) in [5, 5.41) is 12.2. The van der Waals surface area contributed by atoms with Crippen LogP contribution in [0.5, 0.6) is 0 Å². The van der Waals surface area contributed by atoms with E-state index in [-0.39, 0.29) is 11.4 Å². The fraction of sp³-hybridized carbons (Fsp3) is 0.857. The van der Waals surface area contributed by atoms with E-state index in [0.29, 0.717) is 32.5 Å². The first-order valence-electron chi connectivity index (χ1n) is 7.02. The van der Waals surface area contributed by atoms with Crippen molar-refractivity contribution in [2.24, 2.45) is 10.8 Å². The molecular weight excluding hydrogens is 244 g/mol. The lowest BCUT2D eigenvalue weighted by Gasteiger charge is -2.26. The Morgan fingerprint density at radius 2 is 2.00 bits per heavy atom. The SMILES string of the molecule is CCC(C)(C)CNC(=O)N1CCC(CC)(C(=O)O)C1. The van der Waals surface area contributed by atoms with Crippen LogP contribution in [0.15, 0.2) is 0 Å². The topological polar surface area (TPSA) is 69.6 Å². The summed E-state index contributed by atoms with van der Waals surface area (Å²) in [5.74, 6) is -0.792. The molecule has 0 radical (unpaired) electrons. The number of carboxylic acids is 1. The number of likely N-dealkylation sites (tertiary alicyclic amines) is 1. The lowest BCUT2D eigenvalue weighted by molar-refractivity contribution is -0.148. The van der Waals surface area contributed by atoms with Crippen molar-refractivity contribution in [3.05, 3.63) is 0 Å². The highest BCUT2D eigenvalue weighted by Gasteiger charge is 2.44. The van der Waals surface area contributed by atoms with E-state index in [0.717, 1.165) is 6.42 Å². The smallest absolute Gasteiger partial charge is 0.317 e. The molecule has 0 saturated carbocycles. The predicted octanol–water partition coefficient (Wildman–Crippen LogP) is 2.32. The molecule has 2 amide bonds. The summed E-state index contributed by atoms with van der Waals surface area (Å²) in [6, 6.07) is -0.141. The number of nitrogens with zero attached hydrogens (tertiary/aromatic N) is 1. The average Bonchev–Trinajstić information content (AvgIpc) is 2.82. The lowest BCUT2D eigenvalue weighted by Crippen LogP contribution is -2.44. The molecular formula is C14H26N2O3. The summed E-state index contributed by atoms with van der Waals surface area (Å²) < 4.78 is 0. The van der Waals surface area contributed by atoms with Crippen molar-refractivity contribution >= 4 is 12.0 Å². The van der Waals surface area contributed by atoms with Gasteiger partial charge in [-0.2, -0.15) is 0 Å². The molecule has 1 aliphatic rings. The first-order valence-corrected chi connectivity index (χ1v) is 7.02. The van der Waals surface area contributed by atoms with Crippen LogP contribution < -0.4 is 5.32 Å². The van der Waals surface area contributed by atoms with Gasteiger partial charge in [0.1, 0.15) is 0 Å². The van der Waals surface area contributed by atoms with Crippen molar-refractivity contribution in [2.75, 3.05) is 19.6 Å². The molecule has 1 atom stereocenters. The van der Waals surface area contributed by atoms with Gasteiger partial charge in [0.2, 0.25) is 0 Å². The van der Waals surface area contributed by atoms with Gasteiger partial charge in [-0.3, -0.25) is 4.79 Å². The molecule has 1 rings (SSSR count). The largest absolute Gasteiger partial charge is 0.481 e. The number of carboxylic acid groups (broad SMARTS) is 1. The lowest BCUT2D eigenvalue weighted by atomic mass is 9.84. The molecule has 0 bridgehead atoms. The maximum Gasteiger partial charge on any atom is 0.317 e. The van der Waals surface area contributed by atoms with Crippen LogP contribution in [0.3, 0.4) is 0 Å². The van der Waals surface area contributed by atoms with E-state index < -0.39 is 11.4 Å². The van der Waals surface area contributed by atoms with Crippen LogP contribution in [0.25, 0.3) is 0 Å². The standard InChI is InChI=1S/C14H26N2O3/c1-5-13(3,4)9-15-12(19)16-8-7-14(6-2,10-16)11(17)18/h5-10H2,1-4H3,(H,15,19)(H,17,18). The summed E-state index contributed by atoms with van der Waals surface area (Å²) in [5.41, 5.74) is -0.679. The molecule has 1 fully saturated rings. The first kappa shape index (κ1) is 15.8. The third-order valence-electron chi connectivity index (χ3n) is 4.45. The molecule has 5 nitrogen and oxygen atoms in total. The van der Waals surface area contributed by atoms with Crippen LogP contribution in [0.2, 0.25) is 0 Å². The second-order valence-corrected chi connectivity index (χ2v) is 6.29. The number of rotatable bonds is 5. The summed E-state index contributed by atoms with van der Waals surface area (Å²) in [6.07, 6.45) is 2.09. The molecule has 1 aliphatic heterocycles. The first-order chi connectivity index (χ1) is 8.76. The Balaban J connectivity index is 2.55. The molecule has 1 heterocycles. The molecule has 1 unspecified atom stereocenters. The molecule has 110 valence electrons. The summed E-state index contributed by atoms with van der Waals surface area (Å²) >= 11 is 0. The van der Waals surface area contributed by atoms with Crippen LogP contribution in [-0.2, 0) is 4.79 Å². The zero-order valence-electron chi connectivity index (χ0n) is 12.5. The van der Waals surface area contributed by atoms with Gasteiger partial charge in [0.05, 0.1) is 5.41 Å². The fourth-order valence-corrected chi connectivity index (χ4v) is 2.21. The Kier molecular flexibility index (Phi) is 4.82. The minimum Gasteiger partial charge on any atom is -0.481 e. The second-order valence-electron chi connectivity index (χ2n) is 6.29. The van der Waals surface area contributed by atoms with Gasteiger partial charge in [-0.25, -0.2) is 4.79 Å². The maximum atomic E-state index is 12.1. The minimum atomic E-state index is -0.792. The molecule has 2 N–H and O–H groups in total. The molecule has 0 aromatic carbocycles. The highest BCUT2D eigenvalue weighted by atomic mass is 16.4. The average molecular weight is 270 g/mol. The van der Waals surface area contributed by atoms with E-state index in [4.69, 9.17) is 0 Å². The summed E-state index contributed by atoms with van der Waals surface area (Å²) in [6.45, 7) is 9.63. The highest BCUT2D eigenvalue weighted by molar-refractivity contribution is 5.79. The highest BCUT2D eigenvalue weighted by Crippen LogP contribution is 2.34. The quantitative estimate of drug-likeness (QED) is 0.805. The number of urea groups is 1. The number of aliphatic carboxylic acids is 1. The number of hydrogen-bond donors (Lipinski definition) is 2. The van der Waals surface area contributed by atoms with Crippen LogP contribution >= 0.6 is 0 Å². The van der Waals surface area contributed by atoms with E-state index in [1.807, 2.05) is 6.92 Å². The second kappa shape index (κ2) is 5.80. The van der Waals surface area contributed by atoms with E-state index >= 15 is 0 Å². The van der Waals surface area contributed by atoms with Crippen molar-refractivity contribution in [2.45, 2.75) is 47.0 Å². The Bertz CT molecular complexity index is 355. The number of carbonyl (C=O) groups is 2. The number of hydrogen-bond acceptors (Lipinski definition) is 2. The third-order valence-corrected chi connectivity index (χ3v) is 4.45. The monoisotopic (exact) mass is 270 g/mol. The normalized spacial score (nSPS) is 23.5. The minimum absolute atomic E-state index is 0.0734. The van der Waals surface area contributed by atoms with Crippen LogP contribution in [0, 0.1) is 10.8 Å². The fourth-order valence-electron chi connectivity index (χ4n) is 2.21. The Hall–Kier alpha value is -1.26. The van der Waals surface area contributed by atoms with E-state index in [1.165, 1.54) is 0 Å². The predicted molar refractivity (Wildman–Crippen MR) is 74.0 cm³/mol. The Morgan fingerprint density at radius 1 is 1.37 bits per heavy atom. The summed E-state index contributed by atoms with van der Waals surface area (Å²) in [4.78, 5) is 25.0. The van der Waals surface area contributed by atoms with Crippen molar-refractivity contribution in [1.29, 1.82) is 0 Å². The van der Waals surface area contributed by atoms with Gasteiger partial charge >= 0.3 is 12.0 Å². The van der Waals surface area contributed by atoms with Crippen LogP contribution in [-0.4, -0.2) is 41.6 Å². The van der Waals surface area contributed by atoms with E-state index in [9.17, 15) is 14.7 Å². The number of carbonyl (C=O) groups excluding carboxylic acids is 1. The molecule has 5 heteroatoms. The van der Waals surface area contributed by atoms with Gasteiger partial charge in [0.15, 0.2) is 0 Å². The maximum absolute atomic E-state index is 12.1. The molecule has 19 heavy (non-hydrogen) atoms. The van der Waals surface area contributed by atoms with Gasteiger partial charge in [0, 0.05) is 19.6 Å². The molecule has 1 saturated heterocycles. The molecule has 0 aromatic rings. The zero-order chi connectivity index (χ0) is 14.7. The van der Waals surface area contributed by atoms with Crippen molar-refractivity contribution in [1.82, 2.24) is 10.2 Å². The van der Waals surface area contributed by atoms with Crippen LogP contribution in [0.1, 0.15) is 47.0 Å². The summed E-state index contributed by atoms with van der Waals surface area (Å²) in [7, 11) is 0. The van der Waals surface area contributed by atoms with Gasteiger partial charge in [-0.1, -0.05) is 27.7 Å².